The summed E-state index contributed by atoms with van der Waals surface area (Å²) >= 11 is 6.02. The van der Waals surface area contributed by atoms with E-state index in [0.29, 0.717) is 17.4 Å². The Morgan fingerprint density at radius 3 is 2.55 bits per heavy atom. The Morgan fingerprint density at radius 2 is 1.77 bits per heavy atom. The normalized spacial score (nSPS) is 10.4. The van der Waals surface area contributed by atoms with Gasteiger partial charge in [0.05, 0.1) is 10.6 Å². The smallest absolute Gasteiger partial charge is 0.344 e. The van der Waals surface area contributed by atoms with Gasteiger partial charge in [0.1, 0.15) is 12.0 Å². The Kier molecular flexibility index (Phi) is 3.90. The van der Waals surface area contributed by atoms with Crippen LogP contribution < -0.4 is 4.74 Å². The predicted octanol–water partition coefficient (Wildman–Crippen LogP) is 4.52. The fourth-order valence-electron chi connectivity index (χ4n) is 2.23. The molecule has 22 heavy (non-hydrogen) atoms. The molecule has 0 bridgehead atoms. The average molecular weight is 311 g/mol. The fourth-order valence-corrected chi connectivity index (χ4v) is 2.46. The first-order valence-corrected chi connectivity index (χ1v) is 7.01. The molecular formula is C18H11ClO3. The molecule has 0 atom stereocenters. The summed E-state index contributed by atoms with van der Waals surface area (Å²) in [6.07, 6.45) is 0.683. The largest absolute Gasteiger partial charge is 0.421 e. The van der Waals surface area contributed by atoms with E-state index in [1.54, 1.807) is 18.2 Å². The zero-order valence-corrected chi connectivity index (χ0v) is 12.2. The fraction of sp³-hybridized carbons (Fsp3) is 0. The maximum Gasteiger partial charge on any atom is 0.344 e. The monoisotopic (exact) mass is 310 g/mol. The molecule has 3 rings (SSSR count). The number of esters is 1. The third-order valence-corrected chi connectivity index (χ3v) is 3.60. The Morgan fingerprint density at radius 1 is 1.00 bits per heavy atom. The van der Waals surface area contributed by atoms with Gasteiger partial charge >= 0.3 is 5.97 Å². The third-order valence-electron chi connectivity index (χ3n) is 3.30. The zero-order valence-electron chi connectivity index (χ0n) is 11.5. The number of aldehydes is 1. The topological polar surface area (TPSA) is 43.4 Å². The lowest BCUT2D eigenvalue weighted by molar-refractivity contribution is 0.0737. The van der Waals surface area contributed by atoms with Crippen molar-refractivity contribution in [2.24, 2.45) is 0 Å². The van der Waals surface area contributed by atoms with Gasteiger partial charge in [0.2, 0.25) is 0 Å². The second-order valence-corrected chi connectivity index (χ2v) is 5.13. The van der Waals surface area contributed by atoms with Crippen LogP contribution in [0.1, 0.15) is 20.7 Å². The Labute approximate surface area is 132 Å². The highest BCUT2D eigenvalue weighted by atomic mass is 35.5. The van der Waals surface area contributed by atoms with E-state index in [1.165, 1.54) is 12.1 Å². The molecule has 0 aliphatic rings. The van der Waals surface area contributed by atoms with Crippen LogP contribution in [0.2, 0.25) is 5.02 Å². The van der Waals surface area contributed by atoms with Gasteiger partial charge in [0.25, 0.3) is 0 Å². The van der Waals surface area contributed by atoms with Gasteiger partial charge in [-0.05, 0) is 35.0 Å². The summed E-state index contributed by atoms with van der Waals surface area (Å²) in [6.45, 7) is 0. The van der Waals surface area contributed by atoms with Crippen molar-refractivity contribution in [1.82, 2.24) is 0 Å². The maximum atomic E-state index is 12.4. The number of fused-ring (bicyclic) bond motifs is 1. The minimum atomic E-state index is -0.488. The highest BCUT2D eigenvalue weighted by Gasteiger charge is 2.14. The van der Waals surface area contributed by atoms with Gasteiger partial charge in [-0.2, -0.15) is 0 Å². The van der Waals surface area contributed by atoms with E-state index in [9.17, 15) is 9.59 Å². The lowest BCUT2D eigenvalue weighted by Crippen LogP contribution is -2.09. The van der Waals surface area contributed by atoms with Gasteiger partial charge < -0.3 is 4.74 Å². The van der Waals surface area contributed by atoms with Crippen LogP contribution in [0, 0.1) is 0 Å². The number of benzene rings is 3. The van der Waals surface area contributed by atoms with Crippen LogP contribution >= 0.6 is 11.6 Å². The minimum Gasteiger partial charge on any atom is -0.421 e. The molecule has 0 unspecified atom stereocenters. The predicted molar refractivity (Wildman–Crippen MR) is 85.7 cm³/mol. The number of halogens is 1. The van der Waals surface area contributed by atoms with Crippen LogP contribution in [-0.2, 0) is 0 Å². The van der Waals surface area contributed by atoms with Gasteiger partial charge in [-0.1, -0.05) is 48.0 Å². The van der Waals surface area contributed by atoms with Gasteiger partial charge in [-0.25, -0.2) is 4.79 Å². The highest BCUT2D eigenvalue weighted by Crippen LogP contribution is 2.27. The molecule has 0 amide bonds. The first kappa shape index (κ1) is 14.3. The van der Waals surface area contributed by atoms with Crippen molar-refractivity contribution in [3.8, 4) is 5.75 Å². The lowest BCUT2D eigenvalue weighted by Gasteiger charge is -2.08. The molecule has 3 aromatic carbocycles. The van der Waals surface area contributed by atoms with Crippen molar-refractivity contribution < 1.29 is 14.3 Å². The number of carbonyl (C=O) groups is 2. The number of hydrogen-bond acceptors (Lipinski definition) is 3. The van der Waals surface area contributed by atoms with E-state index in [0.717, 1.165) is 10.8 Å². The van der Waals surface area contributed by atoms with Crippen molar-refractivity contribution in [2.75, 3.05) is 0 Å². The second-order valence-electron chi connectivity index (χ2n) is 4.72. The first-order valence-electron chi connectivity index (χ1n) is 6.64. The number of ether oxygens (including phenoxy) is 1. The molecule has 3 nitrogen and oxygen atoms in total. The standard InChI is InChI=1S/C18H11ClO3/c19-16-10-12(11-20)8-9-17(16)22-18(21)15-7-3-5-13-4-1-2-6-14(13)15/h1-11H. The quantitative estimate of drug-likeness (QED) is 0.406. The van der Waals surface area contributed by atoms with E-state index in [1.807, 2.05) is 30.3 Å². The van der Waals surface area contributed by atoms with Crippen LogP contribution in [0.25, 0.3) is 10.8 Å². The molecule has 0 radical (unpaired) electrons. The SMILES string of the molecule is O=Cc1ccc(OC(=O)c2cccc3ccccc23)c(Cl)c1. The molecule has 0 spiro atoms. The average Bonchev–Trinajstić information content (AvgIpc) is 2.56. The maximum absolute atomic E-state index is 12.4. The molecule has 4 heteroatoms. The molecule has 0 saturated carbocycles. The van der Waals surface area contributed by atoms with Crippen molar-refractivity contribution in [3.05, 3.63) is 76.8 Å². The first-order chi connectivity index (χ1) is 10.7. The molecule has 0 fully saturated rings. The summed E-state index contributed by atoms with van der Waals surface area (Å²) in [6, 6.07) is 17.5. The summed E-state index contributed by atoms with van der Waals surface area (Å²) in [7, 11) is 0. The van der Waals surface area contributed by atoms with E-state index in [2.05, 4.69) is 0 Å². The Hall–Kier alpha value is -2.65. The lowest BCUT2D eigenvalue weighted by atomic mass is 10.0. The van der Waals surface area contributed by atoms with E-state index >= 15 is 0 Å². The zero-order chi connectivity index (χ0) is 15.5. The summed E-state index contributed by atoms with van der Waals surface area (Å²) in [5, 5.41) is 1.99. The van der Waals surface area contributed by atoms with Crippen molar-refractivity contribution in [1.29, 1.82) is 0 Å². The van der Waals surface area contributed by atoms with Gasteiger partial charge in [-0.15, -0.1) is 0 Å². The van der Waals surface area contributed by atoms with Crippen molar-refractivity contribution >= 4 is 34.6 Å². The molecule has 0 heterocycles. The molecule has 0 saturated heterocycles. The van der Waals surface area contributed by atoms with Crippen LogP contribution in [0.3, 0.4) is 0 Å². The van der Waals surface area contributed by atoms with E-state index < -0.39 is 5.97 Å². The summed E-state index contributed by atoms with van der Waals surface area (Å²) < 4.78 is 5.35. The molecule has 3 aromatic rings. The van der Waals surface area contributed by atoms with Crippen LogP contribution in [0.4, 0.5) is 0 Å². The highest BCUT2D eigenvalue weighted by molar-refractivity contribution is 6.32. The van der Waals surface area contributed by atoms with Gasteiger partial charge in [0.15, 0.2) is 0 Å². The van der Waals surface area contributed by atoms with Crippen molar-refractivity contribution in [3.63, 3.8) is 0 Å². The minimum absolute atomic E-state index is 0.221. The third kappa shape index (κ3) is 2.71. The molecule has 0 aliphatic heterocycles. The second kappa shape index (κ2) is 6.00. The molecule has 0 aliphatic carbocycles. The molecule has 0 aromatic heterocycles. The van der Waals surface area contributed by atoms with Crippen LogP contribution in [-0.4, -0.2) is 12.3 Å². The number of carbonyl (C=O) groups excluding carboxylic acids is 2. The van der Waals surface area contributed by atoms with Gasteiger partial charge in [-0.3, -0.25) is 4.79 Å². The Balaban J connectivity index is 1.95. The Bertz CT molecular complexity index is 866. The number of hydrogen-bond donors (Lipinski definition) is 0. The summed E-state index contributed by atoms with van der Waals surface area (Å²) in [5.74, 6) is -0.261. The van der Waals surface area contributed by atoms with Crippen LogP contribution in [0.15, 0.2) is 60.7 Å². The van der Waals surface area contributed by atoms with E-state index in [4.69, 9.17) is 16.3 Å². The molecule has 0 N–H and O–H groups in total. The van der Waals surface area contributed by atoms with Crippen LogP contribution in [0.5, 0.6) is 5.75 Å². The summed E-state index contributed by atoms with van der Waals surface area (Å²) in [5.41, 5.74) is 0.892. The van der Waals surface area contributed by atoms with E-state index in [-0.39, 0.29) is 10.8 Å². The van der Waals surface area contributed by atoms with Crippen molar-refractivity contribution in [2.45, 2.75) is 0 Å². The summed E-state index contributed by atoms with van der Waals surface area (Å²) in [4.78, 5) is 23.1. The number of rotatable bonds is 3. The molecular weight excluding hydrogens is 300 g/mol. The molecule has 108 valence electrons. The van der Waals surface area contributed by atoms with Gasteiger partial charge in [0, 0.05) is 5.56 Å².